The van der Waals surface area contributed by atoms with Crippen molar-refractivity contribution in [3.05, 3.63) is 27.8 Å². The lowest BCUT2D eigenvalue weighted by atomic mass is 9.80. The topological polar surface area (TPSA) is 156 Å². The van der Waals surface area contributed by atoms with Gasteiger partial charge in [0.25, 0.3) is 5.69 Å². The number of nitrogens with two attached hydrogens (primary N) is 2. The maximum atomic E-state index is 10.6. The van der Waals surface area contributed by atoms with E-state index in [4.69, 9.17) is 11.5 Å². The van der Waals surface area contributed by atoms with Crippen LogP contribution in [0.25, 0.3) is 0 Å². The van der Waals surface area contributed by atoms with Crippen LogP contribution in [0.4, 0.5) is 17.1 Å². The van der Waals surface area contributed by atoms with E-state index in [0.29, 0.717) is 0 Å². The zero-order valence-corrected chi connectivity index (χ0v) is 9.54. The van der Waals surface area contributed by atoms with Gasteiger partial charge >= 0.3 is 0 Å². The normalized spacial score (nSPS) is 11.5. The summed E-state index contributed by atoms with van der Waals surface area (Å²) in [5.74, 6) is 0. The van der Waals surface area contributed by atoms with Gasteiger partial charge in [-0.2, -0.15) is 0 Å². The van der Waals surface area contributed by atoms with Crippen LogP contribution in [-0.2, 0) is 5.41 Å². The van der Waals surface area contributed by atoms with Gasteiger partial charge in [0.05, 0.1) is 30.2 Å². The van der Waals surface area contributed by atoms with Crippen molar-refractivity contribution in [2.24, 2.45) is 0 Å². The molecule has 0 bridgehead atoms. The fraction of sp³-hybridized carbons (Fsp3) is 0.400. The van der Waals surface area contributed by atoms with Crippen molar-refractivity contribution in [3.8, 4) is 0 Å². The van der Waals surface area contributed by atoms with E-state index in [1.165, 1.54) is 0 Å². The predicted molar refractivity (Wildman–Crippen MR) is 64.9 cm³/mol. The van der Waals surface area contributed by atoms with Crippen LogP contribution < -0.4 is 11.5 Å². The van der Waals surface area contributed by atoms with Crippen LogP contribution in [0.15, 0.2) is 12.1 Å². The van der Waals surface area contributed by atoms with Gasteiger partial charge < -0.3 is 26.8 Å². The molecular weight excluding hydrogens is 242 g/mol. The summed E-state index contributed by atoms with van der Waals surface area (Å²) in [7, 11) is 0. The monoisotopic (exact) mass is 257 g/mol. The second kappa shape index (κ2) is 5.17. The number of aliphatic hydroxyl groups is 3. The quantitative estimate of drug-likeness (QED) is 0.256. The molecule has 0 saturated heterocycles. The summed E-state index contributed by atoms with van der Waals surface area (Å²) in [5.41, 5.74) is 9.59. The minimum Gasteiger partial charge on any atom is -0.398 e. The van der Waals surface area contributed by atoms with E-state index in [1.807, 2.05) is 0 Å². The number of aliphatic hydroxyl groups excluding tert-OH is 3. The SMILES string of the molecule is Nc1cc([N+](=O)[O-])cc(N)c1C(CO)(CO)CO. The van der Waals surface area contributed by atoms with E-state index in [-0.39, 0.29) is 22.6 Å². The van der Waals surface area contributed by atoms with E-state index in [2.05, 4.69) is 0 Å². The van der Waals surface area contributed by atoms with Crippen LogP contribution in [0.2, 0.25) is 0 Å². The molecule has 0 aliphatic heterocycles. The summed E-state index contributed by atoms with van der Waals surface area (Å²) in [6.45, 7) is -1.77. The zero-order valence-electron chi connectivity index (χ0n) is 9.54. The molecule has 0 spiro atoms. The minimum atomic E-state index is -1.43. The molecule has 0 aromatic heterocycles. The van der Waals surface area contributed by atoms with E-state index < -0.39 is 30.2 Å². The Bertz CT molecular complexity index is 428. The lowest BCUT2D eigenvalue weighted by Crippen LogP contribution is -2.40. The standard InChI is InChI=1S/C10H15N3O5/c11-7-1-6(13(17)18)2-8(12)9(7)10(3-14,4-15)5-16/h1-2,14-16H,3-5,11-12H2. The highest BCUT2D eigenvalue weighted by atomic mass is 16.6. The van der Waals surface area contributed by atoms with Gasteiger partial charge in [-0.1, -0.05) is 0 Å². The third-order valence-electron chi connectivity index (χ3n) is 2.83. The summed E-state index contributed by atoms with van der Waals surface area (Å²) in [4.78, 5) is 9.96. The molecule has 0 atom stereocenters. The molecule has 0 amide bonds. The fourth-order valence-corrected chi connectivity index (χ4v) is 1.78. The number of rotatable bonds is 5. The first-order valence-electron chi connectivity index (χ1n) is 5.08. The molecule has 0 radical (unpaired) electrons. The molecule has 1 aromatic carbocycles. The largest absolute Gasteiger partial charge is 0.398 e. The molecule has 18 heavy (non-hydrogen) atoms. The third kappa shape index (κ3) is 2.21. The van der Waals surface area contributed by atoms with E-state index >= 15 is 0 Å². The van der Waals surface area contributed by atoms with Crippen molar-refractivity contribution in [3.63, 3.8) is 0 Å². The van der Waals surface area contributed by atoms with Crippen molar-refractivity contribution in [1.82, 2.24) is 0 Å². The number of hydrogen-bond donors (Lipinski definition) is 5. The van der Waals surface area contributed by atoms with E-state index in [0.717, 1.165) is 12.1 Å². The number of hydrogen-bond acceptors (Lipinski definition) is 7. The highest BCUT2D eigenvalue weighted by Crippen LogP contribution is 2.36. The second-order valence-corrected chi connectivity index (χ2v) is 4.01. The van der Waals surface area contributed by atoms with Crippen molar-refractivity contribution in [2.45, 2.75) is 5.41 Å². The Morgan fingerprint density at radius 3 is 1.78 bits per heavy atom. The molecule has 8 heteroatoms. The molecule has 0 saturated carbocycles. The highest BCUT2D eigenvalue weighted by molar-refractivity contribution is 5.69. The predicted octanol–water partition coefficient (Wildman–Crippen LogP) is -1.03. The number of nitrogens with zero attached hydrogens (tertiary/aromatic N) is 1. The Kier molecular flexibility index (Phi) is 4.07. The second-order valence-electron chi connectivity index (χ2n) is 4.01. The first kappa shape index (κ1) is 14.2. The first-order chi connectivity index (χ1) is 8.41. The van der Waals surface area contributed by atoms with Crippen molar-refractivity contribution in [1.29, 1.82) is 0 Å². The Hall–Kier alpha value is -1.90. The number of anilines is 2. The number of non-ortho nitro benzene ring substituents is 1. The summed E-state index contributed by atoms with van der Waals surface area (Å²) < 4.78 is 0. The molecule has 0 fully saturated rings. The Labute approximate surface area is 103 Å². The number of nitrogen functional groups attached to an aromatic ring is 2. The van der Waals surface area contributed by atoms with E-state index in [1.54, 1.807) is 0 Å². The smallest absolute Gasteiger partial charge is 0.273 e. The average molecular weight is 257 g/mol. The molecule has 0 aliphatic rings. The van der Waals surface area contributed by atoms with Crippen LogP contribution in [0, 0.1) is 10.1 Å². The van der Waals surface area contributed by atoms with Gasteiger partial charge in [0.2, 0.25) is 0 Å². The number of nitro groups is 1. The zero-order chi connectivity index (χ0) is 13.9. The summed E-state index contributed by atoms with van der Waals surface area (Å²) in [5, 5.41) is 38.5. The molecular formula is C10H15N3O5. The van der Waals surface area contributed by atoms with Gasteiger partial charge in [0, 0.05) is 29.1 Å². The summed E-state index contributed by atoms with van der Waals surface area (Å²) in [6, 6.07) is 2.14. The van der Waals surface area contributed by atoms with Gasteiger partial charge in [-0.25, -0.2) is 0 Å². The molecule has 100 valence electrons. The Balaban J connectivity index is 3.46. The Morgan fingerprint density at radius 2 is 1.50 bits per heavy atom. The van der Waals surface area contributed by atoms with Gasteiger partial charge in [0.1, 0.15) is 0 Å². The molecule has 1 aromatic rings. The van der Waals surface area contributed by atoms with Gasteiger partial charge in [-0.15, -0.1) is 0 Å². The van der Waals surface area contributed by atoms with Gasteiger partial charge in [0.15, 0.2) is 0 Å². The summed E-state index contributed by atoms with van der Waals surface area (Å²) >= 11 is 0. The Morgan fingerprint density at radius 1 is 1.11 bits per heavy atom. The maximum absolute atomic E-state index is 10.6. The number of nitro benzene ring substituents is 1. The van der Waals surface area contributed by atoms with Crippen LogP contribution >= 0.6 is 0 Å². The molecule has 0 heterocycles. The summed E-state index contributed by atoms with van der Waals surface area (Å²) in [6.07, 6.45) is 0. The van der Waals surface area contributed by atoms with Crippen molar-refractivity contribution >= 4 is 17.1 Å². The lowest BCUT2D eigenvalue weighted by Gasteiger charge is -2.30. The maximum Gasteiger partial charge on any atom is 0.273 e. The first-order valence-corrected chi connectivity index (χ1v) is 5.08. The minimum absolute atomic E-state index is 0.0566. The highest BCUT2D eigenvalue weighted by Gasteiger charge is 2.35. The van der Waals surface area contributed by atoms with E-state index in [9.17, 15) is 25.4 Å². The van der Waals surface area contributed by atoms with Crippen molar-refractivity contribution < 1.29 is 20.2 Å². The van der Waals surface area contributed by atoms with Crippen LogP contribution in [0.5, 0.6) is 0 Å². The van der Waals surface area contributed by atoms with Crippen molar-refractivity contribution in [2.75, 3.05) is 31.3 Å². The van der Waals surface area contributed by atoms with Crippen LogP contribution in [0.1, 0.15) is 5.56 Å². The van der Waals surface area contributed by atoms with Crippen LogP contribution in [-0.4, -0.2) is 40.1 Å². The molecule has 7 N–H and O–H groups in total. The average Bonchev–Trinajstić information content (AvgIpc) is 2.34. The fourth-order valence-electron chi connectivity index (χ4n) is 1.78. The molecule has 0 unspecified atom stereocenters. The van der Waals surface area contributed by atoms with Crippen LogP contribution in [0.3, 0.4) is 0 Å². The molecule has 8 nitrogen and oxygen atoms in total. The number of benzene rings is 1. The third-order valence-corrected chi connectivity index (χ3v) is 2.83. The van der Waals surface area contributed by atoms with Gasteiger partial charge in [-0.3, -0.25) is 10.1 Å². The van der Waals surface area contributed by atoms with Gasteiger partial charge in [-0.05, 0) is 0 Å². The lowest BCUT2D eigenvalue weighted by molar-refractivity contribution is -0.384. The molecule has 0 aliphatic carbocycles. The molecule has 1 rings (SSSR count).